The first-order valence-electron chi connectivity index (χ1n) is 9.06. The van der Waals surface area contributed by atoms with Crippen LogP contribution in [0.3, 0.4) is 0 Å². The summed E-state index contributed by atoms with van der Waals surface area (Å²) >= 11 is 1.69. The van der Waals surface area contributed by atoms with Gasteiger partial charge in [0.05, 0.1) is 19.9 Å². The molecule has 0 spiro atoms. The fourth-order valence-corrected chi connectivity index (χ4v) is 3.98. The first-order valence-corrected chi connectivity index (χ1v) is 9.94. The van der Waals surface area contributed by atoms with Crippen LogP contribution in [0.25, 0.3) is 11.4 Å². The van der Waals surface area contributed by atoms with Gasteiger partial charge < -0.3 is 9.15 Å². The lowest BCUT2D eigenvalue weighted by Crippen LogP contribution is -2.04. The second kappa shape index (κ2) is 8.35. The van der Waals surface area contributed by atoms with Gasteiger partial charge in [0, 0.05) is 10.8 Å². The summed E-state index contributed by atoms with van der Waals surface area (Å²) < 4.78 is 13.0. The van der Waals surface area contributed by atoms with Gasteiger partial charge in [-0.25, -0.2) is 0 Å². The maximum Gasteiger partial charge on any atom is 0.192 e. The van der Waals surface area contributed by atoms with Gasteiger partial charge in [0.1, 0.15) is 11.5 Å². The Balaban J connectivity index is 1.70. The molecule has 0 N–H and O–H groups in total. The van der Waals surface area contributed by atoms with Crippen LogP contribution in [-0.2, 0) is 6.54 Å². The molecule has 0 aliphatic carbocycles. The number of aromatic nitrogens is 3. The maximum atomic E-state index is 5.58. The van der Waals surface area contributed by atoms with Gasteiger partial charge in [0.2, 0.25) is 0 Å². The van der Waals surface area contributed by atoms with E-state index >= 15 is 0 Å². The van der Waals surface area contributed by atoms with Crippen molar-refractivity contribution in [2.75, 3.05) is 7.11 Å². The molecule has 4 rings (SSSR count). The van der Waals surface area contributed by atoms with Crippen LogP contribution in [0.5, 0.6) is 5.75 Å². The van der Waals surface area contributed by atoms with E-state index in [9.17, 15) is 0 Å². The predicted molar refractivity (Wildman–Crippen MR) is 111 cm³/mol. The summed E-state index contributed by atoms with van der Waals surface area (Å²) in [7, 11) is 1.66. The van der Waals surface area contributed by atoms with E-state index in [-0.39, 0.29) is 5.25 Å². The topological polar surface area (TPSA) is 53.1 Å². The number of thioether (sulfide) groups is 1. The zero-order chi connectivity index (χ0) is 19.3. The minimum absolute atomic E-state index is 0.249. The maximum absolute atomic E-state index is 5.58. The molecule has 6 heteroatoms. The third kappa shape index (κ3) is 3.97. The molecule has 0 radical (unpaired) electrons. The zero-order valence-corrected chi connectivity index (χ0v) is 16.6. The summed E-state index contributed by atoms with van der Waals surface area (Å²) in [6, 6.07) is 22.1. The molecule has 0 aliphatic rings. The predicted octanol–water partition coefficient (Wildman–Crippen LogP) is 5.45. The van der Waals surface area contributed by atoms with Crippen molar-refractivity contribution in [3.8, 4) is 17.1 Å². The van der Waals surface area contributed by atoms with Crippen LogP contribution in [0, 0.1) is 0 Å². The molecule has 2 aromatic carbocycles. The van der Waals surface area contributed by atoms with E-state index in [1.54, 1.807) is 25.1 Å². The fraction of sp³-hybridized carbons (Fsp3) is 0.182. The van der Waals surface area contributed by atoms with E-state index in [0.717, 1.165) is 28.1 Å². The van der Waals surface area contributed by atoms with Gasteiger partial charge in [-0.1, -0.05) is 54.2 Å². The molecule has 0 fully saturated rings. The lowest BCUT2D eigenvalue weighted by molar-refractivity contribution is 0.415. The standard InChI is InChI=1S/C22H21N3O2S/c1-16(17-8-4-3-5-9-17)28-22-24-23-21(18-10-6-11-19(14-18)26-2)25(22)15-20-12-7-13-27-20/h3-14,16H,15H2,1-2H3. The molecule has 0 aliphatic heterocycles. The average Bonchev–Trinajstić information content (AvgIpc) is 3.39. The van der Waals surface area contributed by atoms with Crippen molar-refractivity contribution in [1.29, 1.82) is 0 Å². The molecular formula is C22H21N3O2S. The quantitative estimate of drug-likeness (QED) is 0.392. The van der Waals surface area contributed by atoms with Gasteiger partial charge in [-0.3, -0.25) is 4.57 Å². The minimum Gasteiger partial charge on any atom is -0.497 e. The van der Waals surface area contributed by atoms with Crippen LogP contribution >= 0.6 is 11.8 Å². The lowest BCUT2D eigenvalue weighted by Gasteiger charge is -2.13. The van der Waals surface area contributed by atoms with Crippen molar-refractivity contribution in [1.82, 2.24) is 14.8 Å². The Bertz CT molecular complexity index is 1030. The molecule has 2 heterocycles. The first kappa shape index (κ1) is 18.4. The van der Waals surface area contributed by atoms with Crippen molar-refractivity contribution in [2.45, 2.75) is 23.9 Å². The van der Waals surface area contributed by atoms with E-state index in [4.69, 9.17) is 9.15 Å². The average molecular weight is 391 g/mol. The van der Waals surface area contributed by atoms with Gasteiger partial charge in [-0.15, -0.1) is 10.2 Å². The highest BCUT2D eigenvalue weighted by Crippen LogP contribution is 2.36. The van der Waals surface area contributed by atoms with Crippen LogP contribution in [0.15, 0.2) is 82.6 Å². The molecular weight excluding hydrogens is 370 g/mol. The molecule has 0 bridgehead atoms. The highest BCUT2D eigenvalue weighted by Gasteiger charge is 2.19. The molecule has 0 saturated carbocycles. The lowest BCUT2D eigenvalue weighted by atomic mass is 10.2. The summed E-state index contributed by atoms with van der Waals surface area (Å²) in [5, 5.41) is 10.1. The molecule has 1 unspecified atom stereocenters. The number of hydrogen-bond acceptors (Lipinski definition) is 5. The van der Waals surface area contributed by atoms with E-state index in [1.165, 1.54) is 5.56 Å². The Morgan fingerprint density at radius 2 is 1.89 bits per heavy atom. The Morgan fingerprint density at radius 1 is 1.04 bits per heavy atom. The van der Waals surface area contributed by atoms with Gasteiger partial charge in [-0.05, 0) is 36.8 Å². The van der Waals surface area contributed by atoms with E-state index < -0.39 is 0 Å². The summed E-state index contributed by atoms with van der Waals surface area (Å²) in [6.07, 6.45) is 1.68. The monoisotopic (exact) mass is 391 g/mol. The second-order valence-corrected chi connectivity index (χ2v) is 7.68. The van der Waals surface area contributed by atoms with Crippen molar-refractivity contribution in [3.05, 3.63) is 84.3 Å². The first-order chi connectivity index (χ1) is 13.7. The highest BCUT2D eigenvalue weighted by molar-refractivity contribution is 7.99. The van der Waals surface area contributed by atoms with Crippen molar-refractivity contribution in [2.24, 2.45) is 0 Å². The Kier molecular flexibility index (Phi) is 5.48. The largest absolute Gasteiger partial charge is 0.497 e. The zero-order valence-electron chi connectivity index (χ0n) is 15.8. The van der Waals surface area contributed by atoms with Gasteiger partial charge in [0.15, 0.2) is 11.0 Å². The molecule has 5 nitrogen and oxygen atoms in total. The van der Waals surface area contributed by atoms with Crippen LogP contribution < -0.4 is 4.74 Å². The molecule has 0 saturated heterocycles. The smallest absolute Gasteiger partial charge is 0.192 e. The SMILES string of the molecule is COc1cccc(-c2nnc(SC(C)c3ccccc3)n2Cc2ccco2)c1. The van der Waals surface area contributed by atoms with E-state index in [0.29, 0.717) is 6.54 Å². The number of methoxy groups -OCH3 is 1. The summed E-state index contributed by atoms with van der Waals surface area (Å²) in [5.41, 5.74) is 2.21. The van der Waals surface area contributed by atoms with Crippen molar-refractivity contribution < 1.29 is 9.15 Å². The molecule has 4 aromatic rings. The van der Waals surface area contributed by atoms with Crippen LogP contribution in [-0.4, -0.2) is 21.9 Å². The van der Waals surface area contributed by atoms with E-state index in [1.807, 2.05) is 42.5 Å². The molecule has 1 atom stereocenters. The van der Waals surface area contributed by atoms with Crippen molar-refractivity contribution >= 4 is 11.8 Å². The number of rotatable bonds is 7. The molecule has 142 valence electrons. The number of nitrogens with zero attached hydrogens (tertiary/aromatic N) is 3. The number of furan rings is 1. The summed E-state index contributed by atoms with van der Waals surface area (Å²) in [5.74, 6) is 2.44. The molecule has 0 amide bonds. The third-order valence-electron chi connectivity index (χ3n) is 4.49. The fourth-order valence-electron chi connectivity index (χ4n) is 3.00. The summed E-state index contributed by atoms with van der Waals surface area (Å²) in [4.78, 5) is 0. The summed E-state index contributed by atoms with van der Waals surface area (Å²) in [6.45, 7) is 2.74. The van der Waals surface area contributed by atoms with Crippen LogP contribution in [0.1, 0.15) is 23.5 Å². The van der Waals surface area contributed by atoms with Gasteiger partial charge in [0.25, 0.3) is 0 Å². The van der Waals surface area contributed by atoms with Crippen LogP contribution in [0.4, 0.5) is 0 Å². The van der Waals surface area contributed by atoms with Gasteiger partial charge >= 0.3 is 0 Å². The molecule has 28 heavy (non-hydrogen) atoms. The third-order valence-corrected chi connectivity index (χ3v) is 5.63. The van der Waals surface area contributed by atoms with E-state index in [2.05, 4.69) is 46.0 Å². The Morgan fingerprint density at radius 3 is 2.64 bits per heavy atom. The molecule has 2 aromatic heterocycles. The number of ether oxygens (including phenoxy) is 1. The Labute approximate surface area is 168 Å². The number of benzene rings is 2. The minimum atomic E-state index is 0.249. The second-order valence-electron chi connectivity index (χ2n) is 6.37. The van der Waals surface area contributed by atoms with Gasteiger partial charge in [-0.2, -0.15) is 0 Å². The highest BCUT2D eigenvalue weighted by atomic mass is 32.2. The van der Waals surface area contributed by atoms with Crippen molar-refractivity contribution in [3.63, 3.8) is 0 Å². The normalized spacial score (nSPS) is 12.1. The van der Waals surface area contributed by atoms with Crippen LogP contribution in [0.2, 0.25) is 0 Å². The Hall–Kier alpha value is -2.99. The number of hydrogen-bond donors (Lipinski definition) is 0.